The van der Waals surface area contributed by atoms with Crippen molar-refractivity contribution in [1.82, 2.24) is 0 Å². The Bertz CT molecular complexity index is 421. The highest BCUT2D eigenvalue weighted by Crippen LogP contribution is 2.34. The highest BCUT2D eigenvalue weighted by molar-refractivity contribution is 6.43. The number of halogens is 2. The Morgan fingerprint density at radius 3 is 2.21 bits per heavy atom. The molecule has 0 saturated heterocycles. The van der Waals surface area contributed by atoms with Gasteiger partial charge in [-0.3, -0.25) is 20.2 Å². The molecule has 0 saturated carbocycles. The SMILES string of the molecule is O=[N+]([O-])c1[c]c(Cl)c(Cl)c([N+](=O)[O-])c1. The van der Waals surface area contributed by atoms with Crippen LogP contribution in [0.1, 0.15) is 0 Å². The normalized spacial score (nSPS) is 9.86. The van der Waals surface area contributed by atoms with Crippen LogP contribution in [0.3, 0.4) is 0 Å². The van der Waals surface area contributed by atoms with Gasteiger partial charge in [-0.15, -0.1) is 0 Å². The first-order valence-corrected chi connectivity index (χ1v) is 3.89. The quantitative estimate of drug-likeness (QED) is 0.583. The lowest BCUT2D eigenvalue weighted by Crippen LogP contribution is -1.94. The summed E-state index contributed by atoms with van der Waals surface area (Å²) >= 11 is 10.8. The Morgan fingerprint density at radius 2 is 1.79 bits per heavy atom. The van der Waals surface area contributed by atoms with Gasteiger partial charge in [0.1, 0.15) is 5.02 Å². The van der Waals surface area contributed by atoms with Gasteiger partial charge >= 0.3 is 0 Å². The summed E-state index contributed by atoms with van der Waals surface area (Å²) in [6.07, 6.45) is 0. The molecule has 0 bridgehead atoms. The van der Waals surface area contributed by atoms with E-state index in [0.717, 1.165) is 0 Å². The number of non-ortho nitro benzene ring substituents is 1. The molecule has 0 aliphatic carbocycles. The molecule has 0 spiro atoms. The lowest BCUT2D eigenvalue weighted by atomic mass is 10.3. The third-order valence-electron chi connectivity index (χ3n) is 1.32. The van der Waals surface area contributed by atoms with Crippen LogP contribution in [-0.4, -0.2) is 9.85 Å². The third kappa shape index (κ3) is 1.91. The average molecular weight is 236 g/mol. The molecule has 0 fully saturated rings. The molecule has 0 heterocycles. The van der Waals surface area contributed by atoms with Gasteiger partial charge in [0.2, 0.25) is 0 Å². The molecule has 1 aromatic rings. The van der Waals surface area contributed by atoms with Gasteiger partial charge in [-0.05, 0) is 0 Å². The van der Waals surface area contributed by atoms with E-state index in [9.17, 15) is 20.2 Å². The van der Waals surface area contributed by atoms with Crippen molar-refractivity contribution in [2.45, 2.75) is 0 Å². The largest absolute Gasteiger partial charge is 0.296 e. The molecule has 0 amide bonds. The second-order valence-electron chi connectivity index (χ2n) is 2.18. The molecule has 73 valence electrons. The fourth-order valence-electron chi connectivity index (χ4n) is 0.740. The van der Waals surface area contributed by atoms with Crippen molar-refractivity contribution in [2.24, 2.45) is 0 Å². The maximum absolute atomic E-state index is 10.4. The van der Waals surface area contributed by atoms with E-state index < -0.39 is 21.2 Å². The summed E-state index contributed by atoms with van der Waals surface area (Å²) in [4.78, 5) is 19.0. The summed E-state index contributed by atoms with van der Waals surface area (Å²) in [6, 6.07) is 2.80. The Hall–Kier alpha value is -1.40. The van der Waals surface area contributed by atoms with Crippen LogP contribution in [0.4, 0.5) is 11.4 Å². The van der Waals surface area contributed by atoms with Crippen molar-refractivity contribution >= 4 is 34.6 Å². The molecule has 0 aliphatic rings. The lowest BCUT2D eigenvalue weighted by Gasteiger charge is -1.97. The smallest absolute Gasteiger partial charge is 0.258 e. The van der Waals surface area contributed by atoms with Crippen LogP contribution in [0, 0.1) is 26.3 Å². The Labute approximate surface area is 87.3 Å². The van der Waals surface area contributed by atoms with Crippen LogP contribution >= 0.6 is 23.2 Å². The van der Waals surface area contributed by atoms with Crippen molar-refractivity contribution in [3.05, 3.63) is 42.4 Å². The highest BCUT2D eigenvalue weighted by atomic mass is 35.5. The van der Waals surface area contributed by atoms with Crippen LogP contribution in [0.25, 0.3) is 0 Å². The van der Waals surface area contributed by atoms with Crippen LogP contribution in [0.2, 0.25) is 10.0 Å². The summed E-state index contributed by atoms with van der Waals surface area (Å²) < 4.78 is 0. The summed E-state index contributed by atoms with van der Waals surface area (Å²) in [5.41, 5.74) is -1.20. The fraction of sp³-hybridized carbons (Fsp3) is 0. The molecule has 0 N–H and O–H groups in total. The molecule has 8 heteroatoms. The maximum Gasteiger partial charge on any atom is 0.296 e. The molecule has 0 aromatic heterocycles. The van der Waals surface area contributed by atoms with Gasteiger partial charge in [0.25, 0.3) is 11.4 Å². The van der Waals surface area contributed by atoms with Gasteiger partial charge < -0.3 is 0 Å². The van der Waals surface area contributed by atoms with Gasteiger partial charge in [-0.2, -0.15) is 0 Å². The van der Waals surface area contributed by atoms with Gasteiger partial charge in [0.05, 0.1) is 27.0 Å². The minimum Gasteiger partial charge on any atom is -0.258 e. The van der Waals surface area contributed by atoms with E-state index in [2.05, 4.69) is 6.07 Å². The number of hydrogen-bond donors (Lipinski definition) is 0. The minimum absolute atomic E-state index is 0.340. The molecule has 0 unspecified atom stereocenters. The zero-order valence-electron chi connectivity index (χ0n) is 6.36. The van der Waals surface area contributed by atoms with Crippen molar-refractivity contribution in [1.29, 1.82) is 0 Å². The van der Waals surface area contributed by atoms with E-state index in [0.29, 0.717) is 6.07 Å². The average Bonchev–Trinajstić information content (AvgIpc) is 2.08. The first-order chi connectivity index (χ1) is 6.43. The third-order valence-corrected chi connectivity index (χ3v) is 2.09. The lowest BCUT2D eigenvalue weighted by molar-refractivity contribution is -0.394. The number of hydrogen-bond acceptors (Lipinski definition) is 4. The summed E-state index contributed by atoms with van der Waals surface area (Å²) in [7, 11) is 0. The van der Waals surface area contributed by atoms with E-state index in [1.54, 1.807) is 0 Å². The number of rotatable bonds is 2. The number of nitro groups is 2. The van der Waals surface area contributed by atoms with Crippen LogP contribution in [0.5, 0.6) is 0 Å². The summed E-state index contributed by atoms with van der Waals surface area (Å²) in [5.74, 6) is 0. The molecule has 6 nitrogen and oxygen atoms in total. The highest BCUT2D eigenvalue weighted by Gasteiger charge is 2.22. The topological polar surface area (TPSA) is 86.3 Å². The Kier molecular flexibility index (Phi) is 2.87. The monoisotopic (exact) mass is 235 g/mol. The minimum atomic E-state index is -0.852. The molecular formula is C6HCl2N2O4. The van der Waals surface area contributed by atoms with Crippen molar-refractivity contribution < 1.29 is 9.85 Å². The van der Waals surface area contributed by atoms with Gasteiger partial charge in [-0.1, -0.05) is 23.2 Å². The van der Waals surface area contributed by atoms with Crippen molar-refractivity contribution in [2.75, 3.05) is 0 Å². The molecule has 1 radical (unpaired) electrons. The zero-order valence-corrected chi connectivity index (χ0v) is 7.87. The zero-order chi connectivity index (χ0) is 10.9. The van der Waals surface area contributed by atoms with Gasteiger partial charge in [0.15, 0.2) is 0 Å². The molecular weight excluding hydrogens is 235 g/mol. The van der Waals surface area contributed by atoms with Crippen LogP contribution in [-0.2, 0) is 0 Å². The number of nitro benzene ring substituents is 2. The maximum atomic E-state index is 10.4. The first kappa shape index (κ1) is 10.7. The van der Waals surface area contributed by atoms with Gasteiger partial charge in [0, 0.05) is 0 Å². The van der Waals surface area contributed by atoms with E-state index in [-0.39, 0.29) is 10.0 Å². The predicted octanol–water partition coefficient (Wildman–Crippen LogP) is 2.61. The number of nitrogens with zero attached hydrogens (tertiary/aromatic N) is 2. The van der Waals surface area contributed by atoms with Crippen molar-refractivity contribution in [3.63, 3.8) is 0 Å². The molecule has 0 atom stereocenters. The molecule has 14 heavy (non-hydrogen) atoms. The standard InChI is InChI=1S/C6HCl2N2O4/c7-4-1-3(9(11)12)2-5(6(4)8)10(13)14/h2H. The second kappa shape index (κ2) is 3.77. The van der Waals surface area contributed by atoms with E-state index in [4.69, 9.17) is 23.2 Å². The second-order valence-corrected chi connectivity index (χ2v) is 2.94. The van der Waals surface area contributed by atoms with E-state index >= 15 is 0 Å². The summed E-state index contributed by atoms with van der Waals surface area (Å²) in [6.45, 7) is 0. The molecule has 1 rings (SSSR count). The van der Waals surface area contributed by atoms with E-state index in [1.165, 1.54) is 0 Å². The summed E-state index contributed by atoms with van der Waals surface area (Å²) in [5, 5.41) is 20.0. The Morgan fingerprint density at radius 1 is 1.21 bits per heavy atom. The van der Waals surface area contributed by atoms with Crippen LogP contribution in [0.15, 0.2) is 6.07 Å². The fourth-order valence-corrected chi connectivity index (χ4v) is 1.10. The van der Waals surface area contributed by atoms with Crippen molar-refractivity contribution in [3.8, 4) is 0 Å². The first-order valence-electron chi connectivity index (χ1n) is 3.13. The Balaban J connectivity index is 3.43. The molecule has 1 aromatic carbocycles. The van der Waals surface area contributed by atoms with E-state index in [1.807, 2.05) is 0 Å². The molecule has 0 aliphatic heterocycles. The van der Waals surface area contributed by atoms with Crippen LogP contribution < -0.4 is 0 Å². The van der Waals surface area contributed by atoms with Gasteiger partial charge in [-0.25, -0.2) is 0 Å². The number of benzene rings is 1. The predicted molar refractivity (Wildman–Crippen MR) is 48.6 cm³/mol.